The van der Waals surface area contributed by atoms with Gasteiger partial charge in [0, 0.05) is 23.2 Å². The zero-order valence-corrected chi connectivity index (χ0v) is 22.7. The number of hydrogen-bond donors (Lipinski definition) is 2. The molecule has 41 heavy (non-hydrogen) atoms. The zero-order valence-electron chi connectivity index (χ0n) is 21.8. The molecule has 0 radical (unpaired) electrons. The van der Waals surface area contributed by atoms with Gasteiger partial charge in [-0.1, -0.05) is 35.5 Å². The number of hydrogen-bond acceptors (Lipinski definition) is 5. The molecule has 1 saturated carbocycles. The van der Waals surface area contributed by atoms with Gasteiger partial charge in [0.25, 0.3) is 5.89 Å². The number of alkyl halides is 3. The molecule has 6 rings (SSSR count). The van der Waals surface area contributed by atoms with E-state index in [1.807, 2.05) is 18.2 Å². The summed E-state index contributed by atoms with van der Waals surface area (Å²) in [5, 5.41) is 16.8. The third kappa shape index (κ3) is 5.46. The second-order valence-electron chi connectivity index (χ2n) is 10.5. The van der Waals surface area contributed by atoms with Gasteiger partial charge in [0.05, 0.1) is 11.5 Å². The first-order valence-corrected chi connectivity index (χ1v) is 13.0. The van der Waals surface area contributed by atoms with Crippen molar-refractivity contribution in [3.8, 4) is 34.0 Å². The Kier molecular flexibility index (Phi) is 7.65. The predicted molar refractivity (Wildman–Crippen MR) is 146 cm³/mol. The molecule has 0 bridgehead atoms. The van der Waals surface area contributed by atoms with Gasteiger partial charge in [-0.2, -0.15) is 18.2 Å². The summed E-state index contributed by atoms with van der Waals surface area (Å²) in [6.07, 6.45) is -1.73. The zero-order chi connectivity index (χ0) is 28.2. The summed E-state index contributed by atoms with van der Waals surface area (Å²) in [6.45, 7) is 1.65. The normalized spacial score (nSPS) is 19.8. The van der Waals surface area contributed by atoms with Crippen LogP contribution in [0.5, 0.6) is 0 Å². The number of aromatic nitrogens is 2. The van der Waals surface area contributed by atoms with Crippen molar-refractivity contribution in [2.75, 3.05) is 0 Å². The van der Waals surface area contributed by atoms with Gasteiger partial charge in [0.15, 0.2) is 0 Å². The van der Waals surface area contributed by atoms with Crippen molar-refractivity contribution in [2.45, 2.75) is 50.9 Å². The van der Waals surface area contributed by atoms with E-state index in [9.17, 15) is 22.4 Å². The van der Waals surface area contributed by atoms with Gasteiger partial charge in [-0.3, -0.25) is 4.79 Å². The number of fused-ring (bicyclic) bond motifs is 1. The van der Waals surface area contributed by atoms with E-state index in [1.165, 1.54) is 29.3 Å². The van der Waals surface area contributed by atoms with E-state index < -0.39 is 23.5 Å². The molecule has 0 spiro atoms. The maximum absolute atomic E-state index is 14.1. The number of carboxylic acids is 1. The van der Waals surface area contributed by atoms with Gasteiger partial charge in [-0.05, 0) is 84.7 Å². The standard InChI is InChI=1S/C30H25F4N3O3.ClH/c1-15-11-18(6-8-21(15)23-3-2-4-24(31)26(23)30(32,33)34)28-36-27(37-40-28)17-5-9-22-16(12-17)7-10-25(22)35-20-13-19(14-20)29(38)39;/h2-6,8-9,11-12,19-20,25,35H,7,10,13-14H2,1H3,(H,38,39);1H. The highest BCUT2D eigenvalue weighted by Crippen LogP contribution is 2.41. The molecule has 2 aliphatic carbocycles. The van der Waals surface area contributed by atoms with Crippen molar-refractivity contribution in [3.63, 3.8) is 0 Å². The van der Waals surface area contributed by atoms with Gasteiger partial charge in [-0.25, -0.2) is 4.39 Å². The highest BCUT2D eigenvalue weighted by Gasteiger charge is 2.38. The number of nitrogens with zero attached hydrogens (tertiary/aromatic N) is 2. The van der Waals surface area contributed by atoms with Crippen LogP contribution in [-0.2, 0) is 17.4 Å². The Bertz CT molecular complexity index is 1620. The topological polar surface area (TPSA) is 88.2 Å². The van der Waals surface area contributed by atoms with Crippen LogP contribution in [0, 0.1) is 18.7 Å². The van der Waals surface area contributed by atoms with Crippen molar-refractivity contribution < 1.29 is 32.0 Å². The van der Waals surface area contributed by atoms with Crippen LogP contribution in [0.25, 0.3) is 34.0 Å². The van der Waals surface area contributed by atoms with Gasteiger partial charge in [0.1, 0.15) is 5.82 Å². The van der Waals surface area contributed by atoms with E-state index in [-0.39, 0.29) is 47.4 Å². The van der Waals surface area contributed by atoms with Crippen LogP contribution in [0.2, 0.25) is 0 Å². The molecule has 2 N–H and O–H groups in total. The quantitative estimate of drug-likeness (QED) is 0.229. The predicted octanol–water partition coefficient (Wildman–Crippen LogP) is 7.40. The second kappa shape index (κ2) is 10.9. The van der Waals surface area contributed by atoms with Crippen LogP contribution < -0.4 is 5.32 Å². The van der Waals surface area contributed by atoms with E-state index in [0.29, 0.717) is 29.8 Å². The summed E-state index contributed by atoms with van der Waals surface area (Å²) in [7, 11) is 0. The van der Waals surface area contributed by atoms with Gasteiger partial charge in [-0.15, -0.1) is 12.4 Å². The van der Waals surface area contributed by atoms with Crippen LogP contribution in [-0.4, -0.2) is 27.3 Å². The summed E-state index contributed by atoms with van der Waals surface area (Å²) in [6, 6.07) is 14.4. The molecule has 2 aliphatic rings. The van der Waals surface area contributed by atoms with Crippen molar-refractivity contribution in [3.05, 3.63) is 82.7 Å². The smallest absolute Gasteiger partial charge is 0.419 e. The molecule has 11 heteroatoms. The van der Waals surface area contributed by atoms with Crippen LogP contribution in [0.1, 0.15) is 47.6 Å². The van der Waals surface area contributed by atoms with Crippen LogP contribution in [0.4, 0.5) is 17.6 Å². The van der Waals surface area contributed by atoms with Gasteiger partial charge < -0.3 is 14.9 Å². The SMILES string of the molecule is Cc1cc(-c2nc(-c3ccc4c(c3)CCC4NC3CC(C(=O)O)C3)no2)ccc1-c1cccc(F)c1C(F)(F)F.Cl. The van der Waals surface area contributed by atoms with E-state index in [2.05, 4.69) is 15.5 Å². The molecule has 0 amide bonds. The monoisotopic (exact) mass is 587 g/mol. The van der Waals surface area contributed by atoms with E-state index in [4.69, 9.17) is 9.63 Å². The third-order valence-corrected chi connectivity index (χ3v) is 7.89. The molecule has 0 aliphatic heterocycles. The first kappa shape index (κ1) is 28.8. The molecule has 1 heterocycles. The Balaban J connectivity index is 0.00000337. The fourth-order valence-electron chi connectivity index (χ4n) is 5.76. The van der Waals surface area contributed by atoms with Crippen molar-refractivity contribution >= 4 is 18.4 Å². The molecule has 1 fully saturated rings. The average Bonchev–Trinajstić information content (AvgIpc) is 3.52. The Morgan fingerprint density at radius 2 is 1.80 bits per heavy atom. The Morgan fingerprint density at radius 1 is 1.05 bits per heavy atom. The Morgan fingerprint density at radius 3 is 2.51 bits per heavy atom. The van der Waals surface area contributed by atoms with Crippen LogP contribution in [0.3, 0.4) is 0 Å². The summed E-state index contributed by atoms with van der Waals surface area (Å²) >= 11 is 0. The van der Waals surface area contributed by atoms with Crippen LogP contribution >= 0.6 is 12.4 Å². The third-order valence-electron chi connectivity index (χ3n) is 7.89. The van der Waals surface area contributed by atoms with Crippen LogP contribution in [0.15, 0.2) is 59.1 Å². The summed E-state index contributed by atoms with van der Waals surface area (Å²) in [4.78, 5) is 15.6. The number of nitrogens with one attached hydrogen (secondary N) is 1. The Hall–Kier alpha value is -3.76. The average molecular weight is 588 g/mol. The lowest BCUT2D eigenvalue weighted by Gasteiger charge is -2.35. The van der Waals surface area contributed by atoms with Gasteiger partial charge >= 0.3 is 12.1 Å². The molecule has 1 aromatic heterocycles. The lowest BCUT2D eigenvalue weighted by Crippen LogP contribution is -2.45. The number of carbonyl (C=O) groups is 1. The maximum Gasteiger partial charge on any atom is 0.419 e. The fourth-order valence-corrected chi connectivity index (χ4v) is 5.76. The summed E-state index contributed by atoms with van der Waals surface area (Å²) in [5.41, 5.74) is 2.93. The number of halogens is 5. The highest BCUT2D eigenvalue weighted by atomic mass is 35.5. The lowest BCUT2D eigenvalue weighted by molar-refractivity contribution is -0.145. The van der Waals surface area contributed by atoms with Crippen molar-refractivity contribution in [1.82, 2.24) is 15.5 Å². The number of aryl methyl sites for hydroxylation is 2. The molecule has 3 aromatic carbocycles. The maximum atomic E-state index is 14.1. The van der Waals surface area contributed by atoms with E-state index >= 15 is 0 Å². The minimum atomic E-state index is -4.83. The minimum Gasteiger partial charge on any atom is -0.481 e. The molecule has 4 aromatic rings. The molecular formula is C30H26ClF4N3O3. The highest BCUT2D eigenvalue weighted by molar-refractivity contribution is 5.85. The summed E-state index contributed by atoms with van der Waals surface area (Å²) in [5.74, 6) is -1.70. The summed E-state index contributed by atoms with van der Waals surface area (Å²) < 4.78 is 60.3. The molecule has 214 valence electrons. The molecule has 6 nitrogen and oxygen atoms in total. The molecule has 1 unspecified atom stereocenters. The number of rotatable bonds is 6. The van der Waals surface area contributed by atoms with Crippen molar-refractivity contribution in [2.24, 2.45) is 5.92 Å². The van der Waals surface area contributed by atoms with Gasteiger partial charge in [0.2, 0.25) is 5.82 Å². The van der Waals surface area contributed by atoms with E-state index in [0.717, 1.165) is 24.5 Å². The fraction of sp³-hybridized carbons (Fsp3) is 0.300. The first-order valence-electron chi connectivity index (χ1n) is 13.0. The Labute approximate surface area is 239 Å². The largest absolute Gasteiger partial charge is 0.481 e. The number of aliphatic carboxylic acids is 1. The number of benzene rings is 3. The van der Waals surface area contributed by atoms with E-state index in [1.54, 1.807) is 19.1 Å². The number of carboxylic acid groups (broad SMARTS) is 1. The molecule has 1 atom stereocenters. The lowest BCUT2D eigenvalue weighted by atomic mass is 9.80. The first-order chi connectivity index (χ1) is 19.1. The van der Waals surface area contributed by atoms with Crippen molar-refractivity contribution in [1.29, 1.82) is 0 Å². The minimum absolute atomic E-state index is 0. The molecular weight excluding hydrogens is 562 g/mol. The molecule has 0 saturated heterocycles. The second-order valence-corrected chi connectivity index (χ2v) is 10.5.